The maximum atomic E-state index is 13.1. The first-order valence-electron chi connectivity index (χ1n) is 12.8. The summed E-state index contributed by atoms with van der Waals surface area (Å²) >= 11 is 0. The average Bonchev–Trinajstić information content (AvgIpc) is 2.83. The summed E-state index contributed by atoms with van der Waals surface area (Å²) in [5.74, 6) is -0.840. The van der Waals surface area contributed by atoms with Gasteiger partial charge in [-0.15, -0.1) is 6.58 Å². The van der Waals surface area contributed by atoms with Gasteiger partial charge >= 0.3 is 11.8 Å². The van der Waals surface area contributed by atoms with Gasteiger partial charge in [-0.3, -0.25) is 15.0 Å². The van der Waals surface area contributed by atoms with Gasteiger partial charge in [-0.2, -0.15) is 9.97 Å². The molecule has 0 aliphatic carbocycles. The fraction of sp³-hybridized carbons (Fsp3) is 0.500. The molecule has 0 fully saturated rings. The molecule has 214 valence electrons. The monoisotopic (exact) mass is 560 g/mol. The number of nitro groups is 1. The molecule has 0 bridgehead atoms. The summed E-state index contributed by atoms with van der Waals surface area (Å²) in [5, 5.41) is 24.3. The van der Waals surface area contributed by atoms with E-state index in [-0.39, 0.29) is 36.6 Å². The Labute approximate surface area is 230 Å². The largest absolute Gasteiger partial charge is 0.449 e. The van der Waals surface area contributed by atoms with Gasteiger partial charge in [0.05, 0.1) is 30.7 Å². The molecule has 1 aromatic heterocycles. The number of aliphatic hydroxyl groups excluding tert-OH is 1. The van der Waals surface area contributed by atoms with Crippen molar-refractivity contribution in [2.45, 2.75) is 70.8 Å². The predicted octanol–water partition coefficient (Wildman–Crippen LogP) is 4.39. The molecule has 5 N–H and O–H groups in total. The maximum absolute atomic E-state index is 13.1. The van der Waals surface area contributed by atoms with Crippen LogP contribution in [0.2, 0.25) is 18.1 Å². The molecule has 1 unspecified atom stereocenters. The van der Waals surface area contributed by atoms with Gasteiger partial charge in [-0.1, -0.05) is 44.2 Å². The van der Waals surface area contributed by atoms with Gasteiger partial charge in [0.2, 0.25) is 17.6 Å². The van der Waals surface area contributed by atoms with Gasteiger partial charge in [-0.05, 0) is 55.4 Å². The van der Waals surface area contributed by atoms with Crippen LogP contribution in [0.1, 0.15) is 44.7 Å². The summed E-state index contributed by atoms with van der Waals surface area (Å²) in [7, 11) is -2.48. The van der Waals surface area contributed by atoms with Crippen molar-refractivity contribution in [1.29, 1.82) is 0 Å². The van der Waals surface area contributed by atoms with Crippen LogP contribution in [-0.2, 0) is 17.7 Å². The normalized spacial score (nSPS) is 12.5. The third kappa shape index (κ3) is 8.47. The van der Waals surface area contributed by atoms with Crippen LogP contribution in [0.25, 0.3) is 0 Å². The van der Waals surface area contributed by atoms with Gasteiger partial charge in [0.1, 0.15) is 0 Å². The van der Waals surface area contributed by atoms with E-state index in [0.29, 0.717) is 24.8 Å². The number of benzene rings is 1. The first-order valence-corrected chi connectivity index (χ1v) is 15.7. The summed E-state index contributed by atoms with van der Waals surface area (Å²) in [5.41, 5.74) is 6.96. The topological polar surface area (TPSA) is 177 Å². The molecule has 1 atom stereocenters. The van der Waals surface area contributed by atoms with E-state index in [1.54, 1.807) is 19.1 Å². The molecule has 2 rings (SSSR count). The molecule has 1 heterocycles. The molecular weight excluding hydrogens is 520 g/mol. The van der Waals surface area contributed by atoms with E-state index in [1.165, 1.54) is 0 Å². The van der Waals surface area contributed by atoms with Crippen LogP contribution in [0.5, 0.6) is 0 Å². The van der Waals surface area contributed by atoms with E-state index >= 15 is 0 Å². The molecule has 1 amide bonds. The van der Waals surface area contributed by atoms with Crippen molar-refractivity contribution in [1.82, 2.24) is 9.97 Å². The van der Waals surface area contributed by atoms with Crippen molar-refractivity contribution < 1.29 is 24.4 Å². The molecule has 2 aromatic rings. The molecule has 0 radical (unpaired) electrons. The quantitative estimate of drug-likeness (QED) is 0.112. The Balaban J connectivity index is 2.55. The van der Waals surface area contributed by atoms with Crippen molar-refractivity contribution in [2.24, 2.45) is 0 Å². The second-order valence-electron chi connectivity index (χ2n) is 10.5. The smallest absolute Gasteiger partial charge is 0.415 e. The van der Waals surface area contributed by atoms with Crippen LogP contribution in [0.3, 0.4) is 0 Å². The Bertz CT molecular complexity index is 1170. The highest BCUT2D eigenvalue weighted by atomic mass is 28.4. The lowest BCUT2D eigenvalue weighted by Gasteiger charge is -2.35. The van der Waals surface area contributed by atoms with Crippen LogP contribution in [0.15, 0.2) is 36.9 Å². The molecule has 12 nitrogen and oxygen atoms in total. The van der Waals surface area contributed by atoms with Crippen molar-refractivity contribution >= 4 is 37.7 Å². The summed E-state index contributed by atoms with van der Waals surface area (Å²) in [4.78, 5) is 44.4. The highest BCUT2D eigenvalue weighted by Gasteiger charge is 2.38. The fourth-order valence-electron chi connectivity index (χ4n) is 3.77. The molecule has 0 spiro atoms. The Morgan fingerprint density at radius 2 is 2.03 bits per heavy atom. The van der Waals surface area contributed by atoms with E-state index in [1.807, 2.05) is 45.1 Å². The second-order valence-corrected chi connectivity index (χ2v) is 14.9. The molecule has 1 aromatic carbocycles. The summed E-state index contributed by atoms with van der Waals surface area (Å²) in [6, 6.07) is 6.98. The standard InChI is InChI=1S/C26H40N6O6Si/c1-7-9-13-20(17-33)28-24-29-22(27)21(32(35)36)23(30-24)31(25(34)38-8-2)16-19-12-10-11-18(14-19)15-26(3,4)39(5,6)37/h7,10-12,14,20,33,37H,1,8-9,13,15-17H2,2-6H3,(H3,27,28,29,30). The number of nitrogens with two attached hydrogens (primary N) is 1. The van der Waals surface area contributed by atoms with Crippen molar-refractivity contribution in [3.05, 3.63) is 58.2 Å². The Morgan fingerprint density at radius 3 is 2.59 bits per heavy atom. The number of ether oxygens (including phenoxy) is 1. The number of amides is 1. The Kier molecular flexibility index (Phi) is 11.0. The molecule has 13 heteroatoms. The summed E-state index contributed by atoms with van der Waals surface area (Å²) < 4.78 is 5.22. The lowest BCUT2D eigenvalue weighted by Crippen LogP contribution is -2.40. The lowest BCUT2D eigenvalue weighted by atomic mass is 10.00. The van der Waals surface area contributed by atoms with E-state index in [2.05, 4.69) is 21.9 Å². The minimum absolute atomic E-state index is 0.0351. The van der Waals surface area contributed by atoms with Crippen LogP contribution in [-0.4, -0.2) is 58.5 Å². The first kappa shape index (κ1) is 31.7. The average molecular weight is 561 g/mol. The van der Waals surface area contributed by atoms with Crippen molar-refractivity contribution in [3.8, 4) is 0 Å². The fourth-order valence-corrected chi connectivity index (χ4v) is 4.41. The number of hydrogen-bond donors (Lipinski definition) is 4. The second kappa shape index (κ2) is 13.5. The van der Waals surface area contributed by atoms with Gasteiger partial charge in [0.25, 0.3) is 0 Å². The number of nitrogen functional groups attached to an aromatic ring is 1. The molecule has 0 aliphatic rings. The molecule has 0 saturated heterocycles. The number of carbonyl (C=O) groups is 1. The van der Waals surface area contributed by atoms with Gasteiger partial charge in [0, 0.05) is 0 Å². The lowest BCUT2D eigenvalue weighted by molar-refractivity contribution is -0.383. The Hall–Kier alpha value is -3.55. The molecule has 0 aliphatic heterocycles. The molecule has 0 saturated carbocycles. The van der Waals surface area contributed by atoms with E-state index in [9.17, 15) is 24.8 Å². The third-order valence-corrected chi connectivity index (χ3v) is 10.2. The number of anilines is 3. The van der Waals surface area contributed by atoms with Crippen LogP contribution < -0.4 is 16.0 Å². The SMILES string of the molecule is C=CCCC(CO)Nc1nc(N)c([N+](=O)[O-])c(N(Cc2cccc(CC(C)(C)[Si](C)(C)O)c2)C(=O)OCC)n1. The highest BCUT2D eigenvalue weighted by molar-refractivity contribution is 6.72. The highest BCUT2D eigenvalue weighted by Crippen LogP contribution is 2.39. The zero-order chi connectivity index (χ0) is 29.4. The maximum Gasteiger partial charge on any atom is 0.415 e. The van der Waals surface area contributed by atoms with Crippen LogP contribution in [0, 0.1) is 10.1 Å². The van der Waals surface area contributed by atoms with Gasteiger partial charge in [-0.25, -0.2) is 4.79 Å². The number of allylic oxidation sites excluding steroid dienone is 1. The van der Waals surface area contributed by atoms with Crippen LogP contribution >= 0.6 is 0 Å². The molecular formula is C26H40N6O6Si. The first-order chi connectivity index (χ1) is 18.2. The number of aromatic nitrogens is 2. The zero-order valence-corrected chi connectivity index (χ0v) is 24.3. The van der Waals surface area contributed by atoms with E-state index in [4.69, 9.17) is 10.5 Å². The van der Waals surface area contributed by atoms with Crippen molar-refractivity contribution in [3.63, 3.8) is 0 Å². The number of aliphatic hydroxyl groups is 1. The van der Waals surface area contributed by atoms with Gasteiger partial charge in [0.15, 0.2) is 8.32 Å². The number of hydrogen-bond acceptors (Lipinski definition) is 10. The minimum Gasteiger partial charge on any atom is -0.449 e. The summed E-state index contributed by atoms with van der Waals surface area (Å²) in [6.07, 6.45) is 2.57. The number of rotatable bonds is 14. The minimum atomic E-state index is -2.48. The zero-order valence-electron chi connectivity index (χ0n) is 23.3. The third-order valence-electron chi connectivity index (χ3n) is 6.73. The number of nitrogens with zero attached hydrogens (tertiary/aromatic N) is 4. The van der Waals surface area contributed by atoms with Gasteiger partial charge < -0.3 is 25.7 Å². The van der Waals surface area contributed by atoms with E-state index in [0.717, 1.165) is 10.5 Å². The number of nitrogens with one attached hydrogen (secondary N) is 1. The Morgan fingerprint density at radius 1 is 1.36 bits per heavy atom. The van der Waals surface area contributed by atoms with Crippen LogP contribution in [0.4, 0.5) is 28.1 Å². The number of carbonyl (C=O) groups excluding carboxylic acids is 1. The molecule has 39 heavy (non-hydrogen) atoms. The predicted molar refractivity (Wildman–Crippen MR) is 154 cm³/mol. The summed E-state index contributed by atoms with van der Waals surface area (Å²) in [6.45, 7) is 12.8. The van der Waals surface area contributed by atoms with E-state index < -0.39 is 36.9 Å². The van der Waals surface area contributed by atoms with Crippen molar-refractivity contribution in [2.75, 3.05) is 29.2 Å².